The van der Waals surface area contributed by atoms with Gasteiger partial charge in [0.2, 0.25) is 0 Å². The second-order valence-electron chi connectivity index (χ2n) is 5.02. The number of hydrogen-bond acceptors (Lipinski definition) is 2. The highest BCUT2D eigenvalue weighted by atomic mass is 15.2. The largest absolute Gasteiger partial charge is 0.317 e. The Morgan fingerprint density at radius 2 is 2.19 bits per heavy atom. The Morgan fingerprint density at radius 3 is 2.88 bits per heavy atom. The predicted molar refractivity (Wildman–Crippen MR) is 66.3 cm³/mol. The van der Waals surface area contributed by atoms with E-state index in [4.69, 9.17) is 0 Å². The van der Waals surface area contributed by atoms with Gasteiger partial charge in [-0.2, -0.15) is 5.10 Å². The maximum atomic E-state index is 4.25. The van der Waals surface area contributed by atoms with Gasteiger partial charge in [-0.05, 0) is 37.8 Å². The van der Waals surface area contributed by atoms with Gasteiger partial charge in [0.1, 0.15) is 0 Å². The maximum absolute atomic E-state index is 4.25. The van der Waals surface area contributed by atoms with Crippen LogP contribution in [0.5, 0.6) is 0 Å². The van der Waals surface area contributed by atoms with Crippen molar-refractivity contribution >= 4 is 0 Å². The summed E-state index contributed by atoms with van der Waals surface area (Å²) in [5, 5.41) is 7.75. The molecule has 1 fully saturated rings. The predicted octanol–water partition coefficient (Wildman–Crippen LogP) is 2.13. The van der Waals surface area contributed by atoms with E-state index in [0.29, 0.717) is 6.04 Å². The number of aromatic nitrogens is 2. The normalized spacial score (nSPS) is 26.6. The third-order valence-corrected chi connectivity index (χ3v) is 3.79. The lowest BCUT2D eigenvalue weighted by atomic mass is 9.89. The Balaban J connectivity index is 1.99. The lowest BCUT2D eigenvalue weighted by molar-refractivity contribution is 0.350. The van der Waals surface area contributed by atoms with Crippen LogP contribution in [0.25, 0.3) is 0 Å². The second-order valence-corrected chi connectivity index (χ2v) is 5.02. The van der Waals surface area contributed by atoms with Gasteiger partial charge < -0.3 is 5.32 Å². The van der Waals surface area contributed by atoms with Crippen molar-refractivity contribution in [2.45, 2.75) is 44.6 Å². The van der Waals surface area contributed by atoms with E-state index >= 15 is 0 Å². The van der Waals surface area contributed by atoms with E-state index in [0.717, 1.165) is 5.92 Å². The van der Waals surface area contributed by atoms with Gasteiger partial charge in [-0.1, -0.05) is 19.3 Å². The van der Waals surface area contributed by atoms with E-state index in [1.165, 1.54) is 44.1 Å². The van der Waals surface area contributed by atoms with Crippen LogP contribution >= 0.6 is 0 Å². The number of hydrogen-bond donors (Lipinski definition) is 1. The topological polar surface area (TPSA) is 29.9 Å². The molecule has 0 bridgehead atoms. The van der Waals surface area contributed by atoms with Crippen LogP contribution in [-0.4, -0.2) is 22.9 Å². The quantitative estimate of drug-likeness (QED) is 0.792. The van der Waals surface area contributed by atoms with E-state index < -0.39 is 0 Å². The Kier molecular flexibility index (Phi) is 3.99. The Morgan fingerprint density at radius 1 is 1.38 bits per heavy atom. The van der Waals surface area contributed by atoms with Crippen molar-refractivity contribution in [2.75, 3.05) is 7.05 Å². The molecule has 0 spiro atoms. The average Bonchev–Trinajstić information content (AvgIpc) is 2.56. The summed E-state index contributed by atoms with van der Waals surface area (Å²) in [4.78, 5) is 0. The van der Waals surface area contributed by atoms with Gasteiger partial charge in [0.15, 0.2) is 0 Å². The third-order valence-electron chi connectivity index (χ3n) is 3.79. The van der Waals surface area contributed by atoms with Crippen molar-refractivity contribution in [3.63, 3.8) is 0 Å². The Hall–Kier alpha value is -0.830. The highest BCUT2D eigenvalue weighted by molar-refractivity contribution is 5.06. The van der Waals surface area contributed by atoms with Crippen LogP contribution in [0.4, 0.5) is 0 Å². The minimum Gasteiger partial charge on any atom is -0.317 e. The highest BCUT2D eigenvalue weighted by Gasteiger charge is 2.22. The SMILES string of the molecule is CNC1CCCCCC1Cc1cnn(C)c1. The molecule has 0 aliphatic heterocycles. The van der Waals surface area contributed by atoms with Crippen LogP contribution < -0.4 is 5.32 Å². The summed E-state index contributed by atoms with van der Waals surface area (Å²) in [6.45, 7) is 0. The number of aryl methyl sites for hydroxylation is 1. The molecule has 3 nitrogen and oxygen atoms in total. The molecule has 2 unspecified atom stereocenters. The number of rotatable bonds is 3. The second kappa shape index (κ2) is 5.48. The number of nitrogens with one attached hydrogen (secondary N) is 1. The summed E-state index contributed by atoms with van der Waals surface area (Å²) >= 11 is 0. The molecular formula is C13H23N3. The zero-order chi connectivity index (χ0) is 11.4. The minimum atomic E-state index is 0.697. The summed E-state index contributed by atoms with van der Waals surface area (Å²) in [7, 11) is 4.10. The zero-order valence-electron chi connectivity index (χ0n) is 10.4. The van der Waals surface area contributed by atoms with Crippen molar-refractivity contribution in [3.8, 4) is 0 Å². The standard InChI is InChI=1S/C13H23N3/c1-14-13-7-5-3-4-6-12(13)8-11-9-15-16(2)10-11/h9-10,12-14H,3-8H2,1-2H3. The first-order valence-corrected chi connectivity index (χ1v) is 6.44. The maximum Gasteiger partial charge on any atom is 0.0521 e. The summed E-state index contributed by atoms with van der Waals surface area (Å²) in [6, 6.07) is 0.697. The van der Waals surface area contributed by atoms with Crippen LogP contribution in [0, 0.1) is 5.92 Å². The molecule has 0 aromatic carbocycles. The zero-order valence-corrected chi connectivity index (χ0v) is 10.4. The highest BCUT2D eigenvalue weighted by Crippen LogP contribution is 2.26. The lowest BCUT2D eigenvalue weighted by Gasteiger charge is -2.24. The van der Waals surface area contributed by atoms with Crippen LogP contribution in [0.15, 0.2) is 12.4 Å². The summed E-state index contributed by atoms with van der Waals surface area (Å²) < 4.78 is 1.90. The van der Waals surface area contributed by atoms with E-state index in [1.807, 2.05) is 17.9 Å². The van der Waals surface area contributed by atoms with Gasteiger partial charge in [-0.15, -0.1) is 0 Å². The molecule has 2 atom stereocenters. The first-order chi connectivity index (χ1) is 7.79. The van der Waals surface area contributed by atoms with Gasteiger partial charge in [0.25, 0.3) is 0 Å². The minimum absolute atomic E-state index is 0.697. The van der Waals surface area contributed by atoms with Crippen molar-refractivity contribution < 1.29 is 0 Å². The molecule has 2 rings (SSSR count). The monoisotopic (exact) mass is 221 g/mol. The first kappa shape index (κ1) is 11.6. The van der Waals surface area contributed by atoms with Crippen LogP contribution in [0.2, 0.25) is 0 Å². The van der Waals surface area contributed by atoms with Crippen molar-refractivity contribution in [1.82, 2.24) is 15.1 Å². The molecule has 90 valence electrons. The van der Waals surface area contributed by atoms with Crippen molar-refractivity contribution in [1.29, 1.82) is 0 Å². The Bertz CT molecular complexity index is 319. The van der Waals surface area contributed by atoms with E-state index in [-0.39, 0.29) is 0 Å². The van der Waals surface area contributed by atoms with Crippen molar-refractivity contribution in [3.05, 3.63) is 18.0 Å². The molecule has 0 saturated heterocycles. The first-order valence-electron chi connectivity index (χ1n) is 6.44. The van der Waals surface area contributed by atoms with Crippen LogP contribution in [0.1, 0.15) is 37.7 Å². The summed E-state index contributed by atoms with van der Waals surface area (Å²) in [6.07, 6.45) is 12.2. The molecule has 16 heavy (non-hydrogen) atoms. The fourth-order valence-electron chi connectivity index (χ4n) is 2.89. The molecule has 1 aliphatic rings. The molecule has 1 saturated carbocycles. The van der Waals surface area contributed by atoms with Crippen LogP contribution in [0.3, 0.4) is 0 Å². The Labute approximate surface area is 98.2 Å². The molecule has 1 heterocycles. The summed E-state index contributed by atoms with van der Waals surface area (Å²) in [5.41, 5.74) is 1.38. The number of nitrogens with zero attached hydrogens (tertiary/aromatic N) is 2. The fourth-order valence-corrected chi connectivity index (χ4v) is 2.89. The van der Waals surface area contributed by atoms with Gasteiger partial charge in [-0.25, -0.2) is 0 Å². The molecule has 3 heteroatoms. The molecule has 1 aromatic heterocycles. The summed E-state index contributed by atoms with van der Waals surface area (Å²) in [5.74, 6) is 0.789. The molecule has 1 N–H and O–H groups in total. The lowest BCUT2D eigenvalue weighted by Crippen LogP contribution is -2.33. The fraction of sp³-hybridized carbons (Fsp3) is 0.769. The van der Waals surface area contributed by atoms with Gasteiger partial charge in [-0.3, -0.25) is 4.68 Å². The van der Waals surface area contributed by atoms with Gasteiger partial charge in [0, 0.05) is 19.3 Å². The van der Waals surface area contributed by atoms with E-state index in [2.05, 4.69) is 23.7 Å². The van der Waals surface area contributed by atoms with E-state index in [9.17, 15) is 0 Å². The molecule has 1 aromatic rings. The smallest absolute Gasteiger partial charge is 0.0521 e. The molecule has 0 amide bonds. The molecule has 0 radical (unpaired) electrons. The van der Waals surface area contributed by atoms with E-state index in [1.54, 1.807) is 0 Å². The van der Waals surface area contributed by atoms with Crippen molar-refractivity contribution in [2.24, 2.45) is 13.0 Å². The molecular weight excluding hydrogens is 198 g/mol. The third kappa shape index (κ3) is 2.85. The average molecular weight is 221 g/mol. The van der Waals surface area contributed by atoms with Gasteiger partial charge >= 0.3 is 0 Å². The van der Waals surface area contributed by atoms with Crippen LogP contribution in [-0.2, 0) is 13.5 Å². The molecule has 1 aliphatic carbocycles. The van der Waals surface area contributed by atoms with Gasteiger partial charge in [0.05, 0.1) is 6.20 Å².